The number of sulfone groups is 2. The first-order valence-electron chi connectivity index (χ1n) is 11.1. The predicted molar refractivity (Wildman–Crippen MR) is 137 cm³/mol. The van der Waals surface area contributed by atoms with Crippen LogP contribution in [0, 0.1) is 13.8 Å². The minimum absolute atomic E-state index is 0.238. The van der Waals surface area contributed by atoms with Crippen molar-refractivity contribution in [3.05, 3.63) is 119 Å². The summed E-state index contributed by atoms with van der Waals surface area (Å²) in [6, 6.07) is 27.2. The van der Waals surface area contributed by atoms with E-state index in [9.17, 15) is 16.8 Å². The molecule has 0 fully saturated rings. The molecule has 0 bridgehead atoms. The van der Waals surface area contributed by atoms with Gasteiger partial charge in [-0.25, -0.2) is 16.8 Å². The lowest BCUT2D eigenvalue weighted by molar-refractivity contribution is 0.473. The Balaban J connectivity index is 1.62. The van der Waals surface area contributed by atoms with E-state index in [4.69, 9.17) is 4.74 Å². The Hall–Kier alpha value is -3.42. The fourth-order valence-electron chi connectivity index (χ4n) is 3.63. The summed E-state index contributed by atoms with van der Waals surface area (Å²) in [5.41, 5.74) is 2.93. The standard InChI is InChI=1S/C28H26O5S2/c1-21-11-15-25(16-12-21)34(29,30)19-23-7-3-5-9-27(23)33-28-10-6-4-8-24(28)20-35(31,32)26-17-13-22(2)14-18-26/h3-18H,19-20H2,1-2H3. The lowest BCUT2D eigenvalue weighted by Crippen LogP contribution is -2.08. The van der Waals surface area contributed by atoms with Gasteiger partial charge in [0.05, 0.1) is 21.3 Å². The van der Waals surface area contributed by atoms with Gasteiger partial charge < -0.3 is 4.74 Å². The van der Waals surface area contributed by atoms with Crippen molar-refractivity contribution in [3.63, 3.8) is 0 Å². The van der Waals surface area contributed by atoms with Crippen molar-refractivity contribution in [2.24, 2.45) is 0 Å². The highest BCUT2D eigenvalue weighted by Crippen LogP contribution is 2.32. The Labute approximate surface area is 206 Å². The minimum Gasteiger partial charge on any atom is -0.457 e. The fraction of sp³-hybridized carbons (Fsp3) is 0.143. The van der Waals surface area contributed by atoms with Crippen LogP contribution in [0.4, 0.5) is 0 Å². The van der Waals surface area contributed by atoms with Gasteiger partial charge in [-0.2, -0.15) is 0 Å². The van der Waals surface area contributed by atoms with Crippen molar-refractivity contribution in [3.8, 4) is 11.5 Å². The summed E-state index contributed by atoms with van der Waals surface area (Å²) < 4.78 is 58.2. The summed E-state index contributed by atoms with van der Waals surface area (Å²) in [5, 5.41) is 0. The number of hydrogen-bond donors (Lipinski definition) is 0. The van der Waals surface area contributed by atoms with Gasteiger partial charge in [0.1, 0.15) is 11.5 Å². The Bertz CT molecular complexity index is 1420. The average Bonchev–Trinajstić information content (AvgIpc) is 2.82. The highest BCUT2D eigenvalue weighted by molar-refractivity contribution is 7.91. The Morgan fingerprint density at radius 2 is 0.857 bits per heavy atom. The third-order valence-electron chi connectivity index (χ3n) is 5.62. The first-order chi connectivity index (χ1) is 16.6. The molecule has 0 saturated heterocycles. The minimum atomic E-state index is -3.60. The third-order valence-corrected chi connectivity index (χ3v) is 8.98. The molecule has 0 aliphatic heterocycles. The van der Waals surface area contributed by atoms with Crippen LogP contribution in [0.3, 0.4) is 0 Å². The van der Waals surface area contributed by atoms with Crippen LogP contribution in [0.5, 0.6) is 11.5 Å². The van der Waals surface area contributed by atoms with Gasteiger partial charge in [-0.3, -0.25) is 0 Å². The maximum atomic E-state index is 13.0. The number of ether oxygens (including phenoxy) is 1. The highest BCUT2D eigenvalue weighted by atomic mass is 32.2. The number of benzene rings is 4. The fourth-order valence-corrected chi connectivity index (χ4v) is 6.36. The van der Waals surface area contributed by atoms with E-state index in [-0.39, 0.29) is 21.3 Å². The van der Waals surface area contributed by atoms with E-state index < -0.39 is 19.7 Å². The van der Waals surface area contributed by atoms with Gasteiger partial charge >= 0.3 is 0 Å². The van der Waals surface area contributed by atoms with Gasteiger partial charge in [0.2, 0.25) is 0 Å². The normalized spacial score (nSPS) is 11.8. The number of para-hydroxylation sites is 2. The van der Waals surface area contributed by atoms with Crippen molar-refractivity contribution in [2.45, 2.75) is 35.1 Å². The molecule has 0 amide bonds. The largest absolute Gasteiger partial charge is 0.457 e. The Morgan fingerprint density at radius 1 is 0.514 bits per heavy atom. The first-order valence-corrected chi connectivity index (χ1v) is 14.4. The van der Waals surface area contributed by atoms with Crippen LogP contribution in [0.15, 0.2) is 107 Å². The lowest BCUT2D eigenvalue weighted by Gasteiger charge is -2.15. The van der Waals surface area contributed by atoms with Gasteiger partial charge in [0.15, 0.2) is 19.7 Å². The van der Waals surface area contributed by atoms with E-state index in [0.29, 0.717) is 22.6 Å². The first kappa shape index (κ1) is 24.7. The van der Waals surface area contributed by atoms with Crippen molar-refractivity contribution in [2.75, 3.05) is 0 Å². The molecule has 0 saturated carbocycles. The molecule has 0 aliphatic carbocycles. The molecule has 0 unspecified atom stereocenters. The molecule has 4 aromatic carbocycles. The molecule has 35 heavy (non-hydrogen) atoms. The molecule has 7 heteroatoms. The second kappa shape index (κ2) is 10.1. The summed E-state index contributed by atoms with van der Waals surface area (Å²) in [7, 11) is -7.20. The molecule has 5 nitrogen and oxygen atoms in total. The Morgan fingerprint density at radius 3 is 1.23 bits per heavy atom. The van der Waals surface area contributed by atoms with Crippen LogP contribution >= 0.6 is 0 Å². The van der Waals surface area contributed by atoms with E-state index in [2.05, 4.69) is 0 Å². The maximum absolute atomic E-state index is 13.0. The van der Waals surface area contributed by atoms with E-state index >= 15 is 0 Å². The SMILES string of the molecule is Cc1ccc(S(=O)(=O)Cc2ccccc2Oc2ccccc2CS(=O)(=O)c2ccc(C)cc2)cc1. The monoisotopic (exact) mass is 506 g/mol. The van der Waals surface area contributed by atoms with E-state index in [1.54, 1.807) is 97.1 Å². The lowest BCUT2D eigenvalue weighted by atomic mass is 10.2. The zero-order valence-electron chi connectivity index (χ0n) is 19.5. The average molecular weight is 507 g/mol. The van der Waals surface area contributed by atoms with Crippen LogP contribution in [0.2, 0.25) is 0 Å². The Kier molecular flexibility index (Phi) is 7.10. The van der Waals surface area contributed by atoms with Crippen LogP contribution in [0.25, 0.3) is 0 Å². The summed E-state index contributed by atoms with van der Waals surface area (Å²) in [6.07, 6.45) is 0. The van der Waals surface area contributed by atoms with E-state index in [1.807, 2.05) is 13.8 Å². The van der Waals surface area contributed by atoms with Crippen LogP contribution < -0.4 is 4.74 Å². The molecule has 0 N–H and O–H groups in total. The van der Waals surface area contributed by atoms with Crippen molar-refractivity contribution in [1.82, 2.24) is 0 Å². The number of rotatable bonds is 8. The van der Waals surface area contributed by atoms with E-state index in [0.717, 1.165) is 11.1 Å². The van der Waals surface area contributed by atoms with Gasteiger partial charge in [0, 0.05) is 11.1 Å². The maximum Gasteiger partial charge on any atom is 0.182 e. The van der Waals surface area contributed by atoms with Crippen LogP contribution in [-0.4, -0.2) is 16.8 Å². The molecule has 0 heterocycles. The molecular formula is C28H26O5S2. The summed E-state index contributed by atoms with van der Waals surface area (Å²) in [5.74, 6) is 0.248. The molecule has 0 spiro atoms. The zero-order valence-corrected chi connectivity index (χ0v) is 21.1. The summed E-state index contributed by atoms with van der Waals surface area (Å²) in [6.45, 7) is 3.80. The van der Waals surface area contributed by atoms with E-state index in [1.165, 1.54) is 0 Å². The smallest absolute Gasteiger partial charge is 0.182 e. The van der Waals surface area contributed by atoms with Gasteiger partial charge in [0.25, 0.3) is 0 Å². The number of hydrogen-bond acceptors (Lipinski definition) is 5. The molecule has 0 radical (unpaired) electrons. The summed E-state index contributed by atoms with van der Waals surface area (Å²) in [4.78, 5) is 0.477. The molecule has 4 rings (SSSR count). The predicted octanol–water partition coefficient (Wildman–Crippen LogP) is 6.04. The van der Waals surface area contributed by atoms with Gasteiger partial charge in [-0.15, -0.1) is 0 Å². The third kappa shape index (κ3) is 5.99. The van der Waals surface area contributed by atoms with Crippen LogP contribution in [-0.2, 0) is 31.2 Å². The second-order valence-corrected chi connectivity index (χ2v) is 12.4. The quantitative estimate of drug-likeness (QED) is 0.291. The van der Waals surface area contributed by atoms with Gasteiger partial charge in [-0.05, 0) is 50.2 Å². The molecule has 180 valence electrons. The van der Waals surface area contributed by atoms with Crippen molar-refractivity contribution >= 4 is 19.7 Å². The zero-order chi connectivity index (χ0) is 25.1. The second-order valence-electron chi connectivity index (χ2n) is 8.46. The topological polar surface area (TPSA) is 77.5 Å². The molecule has 0 aromatic heterocycles. The van der Waals surface area contributed by atoms with Crippen molar-refractivity contribution in [1.29, 1.82) is 0 Å². The molecule has 0 atom stereocenters. The van der Waals surface area contributed by atoms with Crippen LogP contribution in [0.1, 0.15) is 22.3 Å². The number of aryl methyl sites for hydroxylation is 2. The van der Waals surface area contributed by atoms with Gasteiger partial charge in [-0.1, -0.05) is 71.8 Å². The van der Waals surface area contributed by atoms with Crippen molar-refractivity contribution < 1.29 is 21.6 Å². The summed E-state index contributed by atoms with van der Waals surface area (Å²) >= 11 is 0. The molecule has 4 aromatic rings. The molecule has 0 aliphatic rings. The highest BCUT2D eigenvalue weighted by Gasteiger charge is 2.21. The molecular weight excluding hydrogens is 480 g/mol.